The minimum absolute atomic E-state index is 1.21. The fraction of sp³-hybridized carbons (Fsp3) is 0.143. The average molecular weight is 178 g/mol. The van der Waals surface area contributed by atoms with Crippen molar-refractivity contribution in [2.24, 2.45) is 0 Å². The average Bonchev–Trinajstić information content (AvgIpc) is 3.09. The Morgan fingerprint density at radius 1 is 0.643 bits per heavy atom. The molecule has 0 saturated heterocycles. The van der Waals surface area contributed by atoms with E-state index in [0.29, 0.717) is 0 Å². The predicted octanol–water partition coefficient (Wildman–Crippen LogP) is 3.16. The highest BCUT2D eigenvalue weighted by atomic mass is 14.3. The first-order valence-electron chi connectivity index (χ1n) is 5.15. The number of benzene rings is 2. The molecule has 0 atom stereocenters. The van der Waals surface area contributed by atoms with Crippen LogP contribution in [0.2, 0.25) is 0 Å². The summed E-state index contributed by atoms with van der Waals surface area (Å²) in [7, 11) is 0. The van der Waals surface area contributed by atoms with Gasteiger partial charge in [-0.15, -0.1) is 0 Å². The van der Waals surface area contributed by atoms with Gasteiger partial charge in [-0.25, -0.2) is 0 Å². The molecule has 0 spiro atoms. The topological polar surface area (TPSA) is 0 Å². The lowest BCUT2D eigenvalue weighted by atomic mass is 10.1. The summed E-state index contributed by atoms with van der Waals surface area (Å²) < 4.78 is 0. The van der Waals surface area contributed by atoms with Crippen LogP contribution in [0.15, 0.2) is 36.4 Å². The first-order valence-corrected chi connectivity index (χ1v) is 5.15. The van der Waals surface area contributed by atoms with Crippen LogP contribution in [0.3, 0.4) is 0 Å². The molecule has 0 nitrogen and oxygen atoms in total. The summed E-state index contributed by atoms with van der Waals surface area (Å²) >= 11 is 0. The standard InChI is InChI=1S/C14H10/c1-3-9-7-13(9)11(5-1)12-6-2-4-10-8-14(10)12/h1-6H,7-8H2. The number of rotatable bonds is 1. The number of hydrogen-bond donors (Lipinski definition) is 0. The molecule has 0 aliphatic heterocycles. The lowest BCUT2D eigenvalue weighted by Gasteiger charge is -1.99. The predicted molar refractivity (Wildman–Crippen MR) is 57.5 cm³/mol. The van der Waals surface area contributed by atoms with Crippen LogP contribution < -0.4 is 0 Å². The SMILES string of the molecule is c1cc2c(c(-c3cccc4c3C4)c1)C2. The summed E-state index contributed by atoms with van der Waals surface area (Å²) in [6, 6.07) is 13.4. The summed E-state index contributed by atoms with van der Waals surface area (Å²) in [4.78, 5) is 0. The summed E-state index contributed by atoms with van der Waals surface area (Å²) in [6.07, 6.45) is 2.43. The molecule has 0 radical (unpaired) electrons. The van der Waals surface area contributed by atoms with Crippen molar-refractivity contribution in [3.63, 3.8) is 0 Å². The Kier molecular flexibility index (Phi) is 1.02. The normalized spacial score (nSPS) is 14.6. The third-order valence-electron chi connectivity index (χ3n) is 3.32. The maximum atomic E-state index is 2.26. The second-order valence-electron chi connectivity index (χ2n) is 4.24. The van der Waals surface area contributed by atoms with Crippen LogP contribution in [0.25, 0.3) is 11.1 Å². The van der Waals surface area contributed by atoms with E-state index >= 15 is 0 Å². The zero-order valence-corrected chi connectivity index (χ0v) is 7.88. The Labute approximate surface area is 83.2 Å². The molecular weight excluding hydrogens is 168 g/mol. The molecule has 0 N–H and O–H groups in total. The molecule has 0 aromatic heterocycles. The van der Waals surface area contributed by atoms with E-state index in [-0.39, 0.29) is 0 Å². The molecule has 66 valence electrons. The van der Waals surface area contributed by atoms with Crippen molar-refractivity contribution in [3.05, 3.63) is 58.7 Å². The molecule has 0 unspecified atom stereocenters. The van der Waals surface area contributed by atoms with Gasteiger partial charge in [0.05, 0.1) is 0 Å². The van der Waals surface area contributed by atoms with Crippen molar-refractivity contribution in [2.75, 3.05) is 0 Å². The Hall–Kier alpha value is -1.56. The van der Waals surface area contributed by atoms with E-state index < -0.39 is 0 Å². The van der Waals surface area contributed by atoms with E-state index in [1.807, 2.05) is 0 Å². The van der Waals surface area contributed by atoms with Crippen LogP contribution in [0.4, 0.5) is 0 Å². The quantitative estimate of drug-likeness (QED) is 0.420. The van der Waals surface area contributed by atoms with Gasteiger partial charge in [0.25, 0.3) is 0 Å². The van der Waals surface area contributed by atoms with Crippen molar-refractivity contribution < 1.29 is 0 Å². The van der Waals surface area contributed by atoms with Gasteiger partial charge < -0.3 is 0 Å². The smallest absolute Gasteiger partial charge is 0.00137 e. The van der Waals surface area contributed by atoms with Crippen molar-refractivity contribution in [1.82, 2.24) is 0 Å². The molecule has 0 bridgehead atoms. The second-order valence-corrected chi connectivity index (χ2v) is 4.24. The molecule has 0 saturated carbocycles. The lowest BCUT2D eigenvalue weighted by Crippen LogP contribution is -1.76. The molecular formula is C14H10. The van der Waals surface area contributed by atoms with Crippen LogP contribution in [0.1, 0.15) is 22.3 Å². The van der Waals surface area contributed by atoms with Crippen molar-refractivity contribution >= 4 is 0 Å². The molecule has 14 heavy (non-hydrogen) atoms. The molecule has 0 heteroatoms. The highest BCUT2D eigenvalue weighted by molar-refractivity contribution is 5.80. The van der Waals surface area contributed by atoms with Gasteiger partial charge in [-0.3, -0.25) is 0 Å². The van der Waals surface area contributed by atoms with Crippen LogP contribution >= 0.6 is 0 Å². The molecule has 0 amide bonds. The van der Waals surface area contributed by atoms with Gasteiger partial charge in [-0.05, 0) is 46.2 Å². The first-order chi connectivity index (χ1) is 6.93. The van der Waals surface area contributed by atoms with Gasteiger partial charge in [-0.2, -0.15) is 0 Å². The second kappa shape index (κ2) is 2.09. The largest absolute Gasteiger partial charge is 0.0613 e. The zero-order chi connectivity index (χ0) is 9.12. The van der Waals surface area contributed by atoms with Crippen LogP contribution in [0.5, 0.6) is 0 Å². The molecule has 0 heterocycles. The summed E-state index contributed by atoms with van der Waals surface area (Å²) in [5.74, 6) is 0. The van der Waals surface area contributed by atoms with Gasteiger partial charge >= 0.3 is 0 Å². The van der Waals surface area contributed by atoms with Gasteiger partial charge in [-0.1, -0.05) is 36.4 Å². The first kappa shape index (κ1) is 6.83. The monoisotopic (exact) mass is 178 g/mol. The molecule has 0 fully saturated rings. The Bertz CT molecular complexity index is 498. The van der Waals surface area contributed by atoms with E-state index in [9.17, 15) is 0 Å². The minimum Gasteiger partial charge on any atom is -0.0613 e. The van der Waals surface area contributed by atoms with Crippen LogP contribution in [-0.2, 0) is 12.8 Å². The Morgan fingerprint density at radius 2 is 1.14 bits per heavy atom. The summed E-state index contributed by atoms with van der Waals surface area (Å²) in [5, 5.41) is 0. The maximum Gasteiger partial charge on any atom is -0.00137 e. The molecule has 2 aromatic carbocycles. The van der Waals surface area contributed by atoms with Gasteiger partial charge in [0, 0.05) is 0 Å². The van der Waals surface area contributed by atoms with Gasteiger partial charge in [0.15, 0.2) is 0 Å². The van der Waals surface area contributed by atoms with E-state index in [2.05, 4.69) is 36.4 Å². The van der Waals surface area contributed by atoms with Gasteiger partial charge in [0.1, 0.15) is 0 Å². The molecule has 2 aliphatic rings. The maximum absolute atomic E-state index is 2.26. The van der Waals surface area contributed by atoms with Crippen molar-refractivity contribution in [1.29, 1.82) is 0 Å². The van der Waals surface area contributed by atoms with E-state index in [0.717, 1.165) is 0 Å². The highest BCUT2D eigenvalue weighted by Gasteiger charge is 2.26. The number of hydrogen-bond acceptors (Lipinski definition) is 0. The number of fused-ring (bicyclic) bond motifs is 2. The van der Waals surface area contributed by atoms with Gasteiger partial charge in [0.2, 0.25) is 0 Å². The van der Waals surface area contributed by atoms with E-state index in [1.54, 1.807) is 22.3 Å². The fourth-order valence-electron chi connectivity index (χ4n) is 2.37. The third kappa shape index (κ3) is 0.784. The molecule has 4 rings (SSSR count). The minimum atomic E-state index is 1.21. The van der Waals surface area contributed by atoms with Crippen LogP contribution in [-0.4, -0.2) is 0 Å². The third-order valence-corrected chi connectivity index (χ3v) is 3.32. The fourth-order valence-corrected chi connectivity index (χ4v) is 2.37. The Morgan fingerprint density at radius 3 is 1.64 bits per heavy atom. The van der Waals surface area contributed by atoms with Crippen molar-refractivity contribution in [3.8, 4) is 11.1 Å². The highest BCUT2D eigenvalue weighted by Crippen LogP contribution is 2.43. The van der Waals surface area contributed by atoms with E-state index in [4.69, 9.17) is 0 Å². The molecule has 2 aliphatic carbocycles. The summed E-state index contributed by atoms with van der Waals surface area (Å²) in [6.45, 7) is 0. The molecule has 2 aromatic rings. The summed E-state index contributed by atoms with van der Waals surface area (Å²) in [5.41, 5.74) is 9.20. The zero-order valence-electron chi connectivity index (χ0n) is 7.88. The van der Waals surface area contributed by atoms with Crippen LogP contribution in [0, 0.1) is 0 Å². The van der Waals surface area contributed by atoms with E-state index in [1.165, 1.54) is 24.0 Å². The van der Waals surface area contributed by atoms with Crippen molar-refractivity contribution in [2.45, 2.75) is 12.8 Å². The lowest BCUT2D eigenvalue weighted by molar-refractivity contribution is 1.57. The Balaban J connectivity index is 2.00.